The third-order valence-electron chi connectivity index (χ3n) is 4.65. The standard InChI is InChI=1S/C14H21N5O4/c1-3-14(22,4-2)10-8(20)9(21)13(23-10)19-6-18-7-11(15)16-5-17-12(7)19/h5-6,8-10,13,20-22H,3-4H2,1-2H3,(H2,15,16,17)/t8-,9+,10-,13+/m0/s1. The van der Waals surface area contributed by atoms with Crippen LogP contribution in [0.15, 0.2) is 12.7 Å². The minimum Gasteiger partial charge on any atom is -0.387 e. The van der Waals surface area contributed by atoms with Crippen LogP contribution in [0.3, 0.4) is 0 Å². The number of aliphatic hydroxyl groups is 3. The number of fused-ring (bicyclic) bond motifs is 1. The molecule has 5 N–H and O–H groups in total. The Morgan fingerprint density at radius 2 is 1.91 bits per heavy atom. The Kier molecular flexibility index (Phi) is 3.96. The van der Waals surface area contributed by atoms with Crippen molar-refractivity contribution in [2.75, 3.05) is 5.73 Å². The molecule has 9 nitrogen and oxygen atoms in total. The molecule has 0 unspecified atom stereocenters. The van der Waals surface area contributed by atoms with E-state index in [0.29, 0.717) is 24.0 Å². The number of anilines is 1. The van der Waals surface area contributed by atoms with Crippen molar-refractivity contribution in [2.45, 2.75) is 56.8 Å². The monoisotopic (exact) mass is 323 g/mol. The predicted octanol–water partition coefficient (Wildman–Crippen LogP) is -0.421. The van der Waals surface area contributed by atoms with Crippen LogP contribution in [-0.4, -0.2) is 58.8 Å². The van der Waals surface area contributed by atoms with Gasteiger partial charge in [0.1, 0.15) is 30.2 Å². The summed E-state index contributed by atoms with van der Waals surface area (Å²) in [5.41, 5.74) is 5.31. The molecule has 3 heterocycles. The summed E-state index contributed by atoms with van der Waals surface area (Å²) in [5, 5.41) is 31.3. The average Bonchev–Trinajstić information content (AvgIpc) is 3.10. The van der Waals surface area contributed by atoms with Gasteiger partial charge in [-0.15, -0.1) is 0 Å². The number of ether oxygens (including phenoxy) is 1. The summed E-state index contributed by atoms with van der Waals surface area (Å²) in [5.74, 6) is 0.219. The highest BCUT2D eigenvalue weighted by molar-refractivity contribution is 5.81. The van der Waals surface area contributed by atoms with E-state index in [0.717, 1.165) is 0 Å². The molecule has 0 bridgehead atoms. The number of nitrogens with zero attached hydrogens (tertiary/aromatic N) is 4. The third-order valence-corrected chi connectivity index (χ3v) is 4.65. The SMILES string of the molecule is CCC(O)(CC)[C@H]1O[C@@H](n2cnc3c(N)ncnc32)[C@H](O)[C@@H]1O. The highest BCUT2D eigenvalue weighted by Crippen LogP contribution is 2.38. The van der Waals surface area contributed by atoms with Crippen molar-refractivity contribution in [1.29, 1.82) is 0 Å². The first-order valence-electron chi connectivity index (χ1n) is 7.60. The number of hydrogen-bond donors (Lipinski definition) is 4. The van der Waals surface area contributed by atoms with Crippen LogP contribution in [0.1, 0.15) is 32.9 Å². The van der Waals surface area contributed by atoms with Gasteiger partial charge in [0.25, 0.3) is 0 Å². The Balaban J connectivity index is 1.99. The molecule has 0 amide bonds. The summed E-state index contributed by atoms with van der Waals surface area (Å²) in [6, 6.07) is 0. The minimum atomic E-state index is -1.22. The molecular weight excluding hydrogens is 302 g/mol. The summed E-state index contributed by atoms with van der Waals surface area (Å²) >= 11 is 0. The fraction of sp³-hybridized carbons (Fsp3) is 0.643. The lowest BCUT2D eigenvalue weighted by atomic mass is 9.87. The first-order chi connectivity index (χ1) is 10.9. The van der Waals surface area contributed by atoms with Gasteiger partial charge in [-0.05, 0) is 12.8 Å². The van der Waals surface area contributed by atoms with Gasteiger partial charge in [-0.25, -0.2) is 15.0 Å². The van der Waals surface area contributed by atoms with E-state index in [4.69, 9.17) is 10.5 Å². The molecule has 1 fully saturated rings. The molecule has 0 radical (unpaired) electrons. The summed E-state index contributed by atoms with van der Waals surface area (Å²) in [6.45, 7) is 3.61. The smallest absolute Gasteiger partial charge is 0.167 e. The van der Waals surface area contributed by atoms with E-state index in [-0.39, 0.29) is 5.82 Å². The fourth-order valence-corrected chi connectivity index (χ4v) is 3.04. The van der Waals surface area contributed by atoms with Crippen LogP contribution >= 0.6 is 0 Å². The normalized spacial score (nSPS) is 28.6. The van der Waals surface area contributed by atoms with Gasteiger partial charge < -0.3 is 25.8 Å². The van der Waals surface area contributed by atoms with E-state index in [2.05, 4.69) is 15.0 Å². The van der Waals surface area contributed by atoms with Crippen molar-refractivity contribution >= 4 is 17.0 Å². The Labute approximate surface area is 132 Å². The number of aromatic nitrogens is 4. The van der Waals surface area contributed by atoms with E-state index < -0.39 is 30.1 Å². The van der Waals surface area contributed by atoms with Crippen LogP contribution in [0.5, 0.6) is 0 Å². The Morgan fingerprint density at radius 1 is 1.22 bits per heavy atom. The topological polar surface area (TPSA) is 140 Å². The average molecular weight is 323 g/mol. The molecule has 2 aromatic heterocycles. The van der Waals surface area contributed by atoms with Crippen molar-refractivity contribution in [3.05, 3.63) is 12.7 Å². The second-order valence-electron chi connectivity index (χ2n) is 5.82. The van der Waals surface area contributed by atoms with Crippen LogP contribution < -0.4 is 5.73 Å². The van der Waals surface area contributed by atoms with Crippen LogP contribution in [0.25, 0.3) is 11.2 Å². The summed E-state index contributed by atoms with van der Waals surface area (Å²) in [4.78, 5) is 12.1. The van der Waals surface area contributed by atoms with Gasteiger partial charge in [-0.2, -0.15) is 0 Å². The molecular formula is C14H21N5O4. The maximum atomic E-state index is 10.6. The lowest BCUT2D eigenvalue weighted by Crippen LogP contribution is -2.48. The number of imidazole rings is 1. The van der Waals surface area contributed by atoms with Crippen LogP contribution in [-0.2, 0) is 4.74 Å². The minimum absolute atomic E-state index is 0.219. The molecule has 3 rings (SSSR count). The Bertz CT molecular complexity index is 702. The molecule has 0 aromatic carbocycles. The summed E-state index contributed by atoms with van der Waals surface area (Å²) in [7, 11) is 0. The Morgan fingerprint density at radius 3 is 2.57 bits per heavy atom. The largest absolute Gasteiger partial charge is 0.387 e. The second kappa shape index (κ2) is 5.68. The number of hydrogen-bond acceptors (Lipinski definition) is 8. The highest BCUT2D eigenvalue weighted by Gasteiger charge is 2.52. The lowest BCUT2D eigenvalue weighted by Gasteiger charge is -2.33. The molecule has 0 aliphatic carbocycles. The molecule has 1 aliphatic rings. The van der Waals surface area contributed by atoms with E-state index >= 15 is 0 Å². The molecule has 0 spiro atoms. The van der Waals surface area contributed by atoms with Gasteiger partial charge in [0.05, 0.1) is 11.9 Å². The van der Waals surface area contributed by atoms with Crippen molar-refractivity contribution < 1.29 is 20.1 Å². The maximum absolute atomic E-state index is 10.6. The van der Waals surface area contributed by atoms with E-state index in [1.165, 1.54) is 17.2 Å². The van der Waals surface area contributed by atoms with Crippen molar-refractivity contribution in [3.63, 3.8) is 0 Å². The molecule has 9 heteroatoms. The van der Waals surface area contributed by atoms with Gasteiger partial charge in [0.2, 0.25) is 0 Å². The molecule has 1 saturated heterocycles. The Hall–Kier alpha value is -1.81. The van der Waals surface area contributed by atoms with E-state index in [1.807, 2.05) is 0 Å². The van der Waals surface area contributed by atoms with E-state index in [1.54, 1.807) is 13.8 Å². The number of nitrogen functional groups attached to an aromatic ring is 1. The van der Waals surface area contributed by atoms with Gasteiger partial charge in [0, 0.05) is 0 Å². The molecule has 126 valence electrons. The van der Waals surface area contributed by atoms with Gasteiger partial charge >= 0.3 is 0 Å². The lowest BCUT2D eigenvalue weighted by molar-refractivity contribution is -0.142. The van der Waals surface area contributed by atoms with Crippen molar-refractivity contribution in [2.24, 2.45) is 0 Å². The predicted molar refractivity (Wildman–Crippen MR) is 81.2 cm³/mol. The van der Waals surface area contributed by atoms with Crippen molar-refractivity contribution in [3.8, 4) is 0 Å². The maximum Gasteiger partial charge on any atom is 0.167 e. The summed E-state index contributed by atoms with van der Waals surface area (Å²) in [6.07, 6.45) is -0.767. The molecule has 2 aromatic rings. The highest BCUT2D eigenvalue weighted by atomic mass is 16.6. The number of rotatable bonds is 4. The van der Waals surface area contributed by atoms with Crippen LogP contribution in [0.2, 0.25) is 0 Å². The first-order valence-corrected chi connectivity index (χ1v) is 7.60. The van der Waals surface area contributed by atoms with Gasteiger partial charge in [-0.3, -0.25) is 4.57 Å². The first kappa shape index (κ1) is 16.1. The fourth-order valence-electron chi connectivity index (χ4n) is 3.04. The molecule has 1 aliphatic heterocycles. The molecule has 23 heavy (non-hydrogen) atoms. The molecule has 4 atom stereocenters. The number of nitrogens with two attached hydrogens (primary N) is 1. The zero-order chi connectivity index (χ0) is 16.8. The number of aliphatic hydroxyl groups excluding tert-OH is 2. The zero-order valence-electron chi connectivity index (χ0n) is 13.0. The van der Waals surface area contributed by atoms with Crippen molar-refractivity contribution in [1.82, 2.24) is 19.5 Å². The third kappa shape index (κ3) is 2.36. The second-order valence-corrected chi connectivity index (χ2v) is 5.82. The van der Waals surface area contributed by atoms with E-state index in [9.17, 15) is 15.3 Å². The van der Waals surface area contributed by atoms with Crippen LogP contribution in [0, 0.1) is 0 Å². The molecule has 0 saturated carbocycles. The quantitative estimate of drug-likeness (QED) is 0.595. The van der Waals surface area contributed by atoms with Gasteiger partial charge in [0.15, 0.2) is 17.7 Å². The zero-order valence-corrected chi connectivity index (χ0v) is 13.0. The summed E-state index contributed by atoms with van der Waals surface area (Å²) < 4.78 is 7.29. The van der Waals surface area contributed by atoms with Gasteiger partial charge in [-0.1, -0.05) is 13.8 Å². The van der Waals surface area contributed by atoms with Crippen LogP contribution in [0.4, 0.5) is 5.82 Å².